The number of rotatable bonds is 3. The van der Waals surface area contributed by atoms with E-state index in [4.69, 9.17) is 10.5 Å². The number of halogens is 1. The number of hydrogen-bond acceptors (Lipinski definition) is 4. The van der Waals surface area contributed by atoms with Crippen molar-refractivity contribution < 1.29 is 4.74 Å². The summed E-state index contributed by atoms with van der Waals surface area (Å²) in [5.74, 6) is 1.36. The molecule has 0 saturated carbocycles. The molecule has 1 aromatic carbocycles. The number of pyridine rings is 1. The molecule has 0 unspecified atom stereocenters. The smallest absolute Gasteiger partial charge is 0.177 e. The van der Waals surface area contributed by atoms with Crippen molar-refractivity contribution in [1.29, 1.82) is 0 Å². The van der Waals surface area contributed by atoms with E-state index in [0.29, 0.717) is 29.5 Å². The molecular formula is C13H11BrN4O. The van der Waals surface area contributed by atoms with Crippen molar-refractivity contribution in [2.24, 2.45) is 0 Å². The number of aromatic nitrogens is 3. The molecule has 5 nitrogen and oxygen atoms in total. The number of nitrogen functional groups attached to an aromatic ring is 1. The molecule has 0 aliphatic heterocycles. The standard InChI is InChI=1S/C13H11BrN4O/c14-8-5-10-13(16-6-8)18-12(17-10)7-19-11-4-2-1-3-9(11)15/h1-6H,7,15H2,(H,16,17,18). The van der Waals surface area contributed by atoms with Gasteiger partial charge in [-0.1, -0.05) is 12.1 Å². The van der Waals surface area contributed by atoms with Gasteiger partial charge in [-0.15, -0.1) is 0 Å². The van der Waals surface area contributed by atoms with Crippen LogP contribution in [0.4, 0.5) is 5.69 Å². The lowest BCUT2D eigenvalue weighted by Gasteiger charge is -2.06. The number of ether oxygens (including phenoxy) is 1. The number of aromatic amines is 1. The van der Waals surface area contributed by atoms with Gasteiger partial charge in [0.15, 0.2) is 5.65 Å². The van der Waals surface area contributed by atoms with Crippen LogP contribution in [0.3, 0.4) is 0 Å². The Labute approximate surface area is 118 Å². The Balaban J connectivity index is 1.80. The Morgan fingerprint density at radius 2 is 2.16 bits per heavy atom. The van der Waals surface area contributed by atoms with Crippen molar-refractivity contribution in [2.75, 3.05) is 5.73 Å². The Morgan fingerprint density at radius 1 is 1.32 bits per heavy atom. The minimum atomic E-state index is 0.322. The van der Waals surface area contributed by atoms with Gasteiger partial charge in [-0.2, -0.15) is 0 Å². The minimum absolute atomic E-state index is 0.322. The number of hydrogen-bond donors (Lipinski definition) is 2. The third-order valence-corrected chi connectivity index (χ3v) is 3.07. The molecular weight excluding hydrogens is 308 g/mol. The molecule has 3 rings (SSSR count). The Hall–Kier alpha value is -2.08. The molecule has 0 bridgehead atoms. The molecule has 0 amide bonds. The first-order valence-electron chi connectivity index (χ1n) is 5.70. The zero-order valence-corrected chi connectivity index (χ0v) is 11.5. The van der Waals surface area contributed by atoms with Gasteiger partial charge in [0, 0.05) is 10.7 Å². The van der Waals surface area contributed by atoms with Crippen molar-refractivity contribution in [1.82, 2.24) is 15.0 Å². The third kappa shape index (κ3) is 2.53. The molecule has 0 radical (unpaired) electrons. The van der Waals surface area contributed by atoms with E-state index in [2.05, 4.69) is 30.9 Å². The normalized spacial score (nSPS) is 10.8. The van der Waals surface area contributed by atoms with Crippen LogP contribution in [-0.4, -0.2) is 15.0 Å². The van der Waals surface area contributed by atoms with Crippen molar-refractivity contribution in [3.63, 3.8) is 0 Å². The van der Waals surface area contributed by atoms with E-state index < -0.39 is 0 Å². The number of fused-ring (bicyclic) bond motifs is 1. The minimum Gasteiger partial charge on any atom is -0.484 e. The van der Waals surface area contributed by atoms with Gasteiger partial charge in [-0.3, -0.25) is 0 Å². The predicted molar refractivity (Wildman–Crippen MR) is 76.8 cm³/mol. The lowest BCUT2D eigenvalue weighted by molar-refractivity contribution is 0.299. The largest absolute Gasteiger partial charge is 0.484 e. The Bertz CT molecular complexity index is 725. The molecule has 0 atom stereocenters. The van der Waals surface area contributed by atoms with Crippen LogP contribution in [0.15, 0.2) is 41.0 Å². The fourth-order valence-corrected chi connectivity index (χ4v) is 2.08. The number of H-pyrrole nitrogens is 1. The number of nitrogens with one attached hydrogen (secondary N) is 1. The molecule has 3 N–H and O–H groups in total. The topological polar surface area (TPSA) is 76.8 Å². The van der Waals surface area contributed by atoms with Gasteiger partial charge in [-0.05, 0) is 34.1 Å². The van der Waals surface area contributed by atoms with Gasteiger partial charge in [0.05, 0.1) is 11.2 Å². The highest BCUT2D eigenvalue weighted by Gasteiger charge is 2.06. The number of benzene rings is 1. The first-order valence-corrected chi connectivity index (χ1v) is 6.49. The quantitative estimate of drug-likeness (QED) is 0.728. The zero-order chi connectivity index (χ0) is 13.2. The number of para-hydroxylation sites is 2. The molecule has 2 heterocycles. The summed E-state index contributed by atoms with van der Waals surface area (Å²) in [5.41, 5.74) is 7.95. The van der Waals surface area contributed by atoms with E-state index in [-0.39, 0.29) is 0 Å². The molecule has 96 valence electrons. The van der Waals surface area contributed by atoms with Crippen molar-refractivity contribution in [3.8, 4) is 5.75 Å². The Morgan fingerprint density at radius 3 is 3.00 bits per heavy atom. The van der Waals surface area contributed by atoms with E-state index in [0.717, 1.165) is 9.99 Å². The molecule has 3 aromatic rings. The molecule has 0 fully saturated rings. The number of anilines is 1. The van der Waals surface area contributed by atoms with Crippen LogP contribution in [0.25, 0.3) is 11.2 Å². The summed E-state index contributed by atoms with van der Waals surface area (Å²) >= 11 is 3.37. The average Bonchev–Trinajstić information content (AvgIpc) is 2.79. The van der Waals surface area contributed by atoms with Crippen LogP contribution in [0, 0.1) is 0 Å². The lowest BCUT2D eigenvalue weighted by Crippen LogP contribution is -1.99. The fraction of sp³-hybridized carbons (Fsp3) is 0.0769. The molecule has 0 saturated heterocycles. The highest BCUT2D eigenvalue weighted by atomic mass is 79.9. The maximum Gasteiger partial charge on any atom is 0.177 e. The second-order valence-electron chi connectivity index (χ2n) is 4.03. The summed E-state index contributed by atoms with van der Waals surface area (Å²) in [4.78, 5) is 11.7. The van der Waals surface area contributed by atoms with E-state index >= 15 is 0 Å². The molecule has 0 aliphatic rings. The van der Waals surface area contributed by atoms with Crippen LogP contribution < -0.4 is 10.5 Å². The van der Waals surface area contributed by atoms with Crippen LogP contribution in [-0.2, 0) is 6.61 Å². The van der Waals surface area contributed by atoms with Crippen LogP contribution >= 0.6 is 15.9 Å². The SMILES string of the molecule is Nc1ccccc1OCc1nc2ncc(Br)cc2[nH]1. The van der Waals surface area contributed by atoms with Gasteiger partial charge in [0.1, 0.15) is 18.2 Å². The molecule has 0 aliphatic carbocycles. The lowest BCUT2D eigenvalue weighted by atomic mass is 10.3. The highest BCUT2D eigenvalue weighted by molar-refractivity contribution is 9.10. The monoisotopic (exact) mass is 318 g/mol. The first kappa shape index (κ1) is 12.0. The van der Waals surface area contributed by atoms with E-state index in [9.17, 15) is 0 Å². The van der Waals surface area contributed by atoms with Crippen LogP contribution in [0.2, 0.25) is 0 Å². The van der Waals surface area contributed by atoms with Crippen molar-refractivity contribution in [2.45, 2.75) is 6.61 Å². The van der Waals surface area contributed by atoms with Gasteiger partial charge in [0.2, 0.25) is 0 Å². The van der Waals surface area contributed by atoms with E-state index in [1.807, 2.05) is 24.3 Å². The van der Waals surface area contributed by atoms with Gasteiger partial charge in [0.25, 0.3) is 0 Å². The van der Waals surface area contributed by atoms with Gasteiger partial charge in [-0.25, -0.2) is 9.97 Å². The first-order chi connectivity index (χ1) is 9.22. The summed E-state index contributed by atoms with van der Waals surface area (Å²) in [5, 5.41) is 0. The molecule has 0 spiro atoms. The molecule has 19 heavy (non-hydrogen) atoms. The second kappa shape index (κ2) is 4.89. The molecule has 2 aromatic heterocycles. The van der Waals surface area contributed by atoms with Gasteiger partial charge >= 0.3 is 0 Å². The van der Waals surface area contributed by atoms with E-state index in [1.165, 1.54) is 0 Å². The maximum absolute atomic E-state index is 5.81. The molecule has 6 heteroatoms. The summed E-state index contributed by atoms with van der Waals surface area (Å²) in [6.45, 7) is 0.322. The van der Waals surface area contributed by atoms with E-state index in [1.54, 1.807) is 12.3 Å². The number of imidazole rings is 1. The fourth-order valence-electron chi connectivity index (χ4n) is 1.75. The van der Waals surface area contributed by atoms with Crippen molar-refractivity contribution in [3.05, 3.63) is 46.8 Å². The number of nitrogens with two attached hydrogens (primary N) is 1. The predicted octanol–water partition coefficient (Wildman–Crippen LogP) is 2.88. The average molecular weight is 319 g/mol. The maximum atomic E-state index is 5.81. The highest BCUT2D eigenvalue weighted by Crippen LogP contribution is 2.21. The summed E-state index contributed by atoms with van der Waals surface area (Å²) in [7, 11) is 0. The summed E-state index contributed by atoms with van der Waals surface area (Å²) < 4.78 is 6.53. The Kier molecular flexibility index (Phi) is 3.08. The number of nitrogens with zero attached hydrogens (tertiary/aromatic N) is 2. The third-order valence-electron chi connectivity index (χ3n) is 2.64. The summed E-state index contributed by atoms with van der Waals surface area (Å²) in [6, 6.07) is 9.29. The second-order valence-corrected chi connectivity index (χ2v) is 4.95. The van der Waals surface area contributed by atoms with Crippen LogP contribution in [0.5, 0.6) is 5.75 Å². The zero-order valence-electron chi connectivity index (χ0n) is 9.93. The van der Waals surface area contributed by atoms with Crippen molar-refractivity contribution >= 4 is 32.8 Å². The van der Waals surface area contributed by atoms with Crippen LogP contribution in [0.1, 0.15) is 5.82 Å². The summed E-state index contributed by atoms with van der Waals surface area (Å²) in [6.07, 6.45) is 1.71. The van der Waals surface area contributed by atoms with Gasteiger partial charge < -0.3 is 15.5 Å².